The molecule has 2 aromatic carbocycles. The Morgan fingerprint density at radius 1 is 0.612 bits per heavy atom. The molecule has 4 aromatic rings. The summed E-state index contributed by atoms with van der Waals surface area (Å²) >= 11 is 0. The monoisotopic (exact) mass is 670 g/mol. The molecule has 0 bridgehead atoms. The summed E-state index contributed by atoms with van der Waals surface area (Å²) in [5.74, 6) is 1.33. The lowest BCUT2D eigenvalue weighted by Gasteiger charge is -2.22. The second kappa shape index (κ2) is 15.4. The van der Waals surface area contributed by atoms with Gasteiger partial charge in [0.2, 0.25) is 11.8 Å². The van der Waals surface area contributed by atoms with Gasteiger partial charge in [0.15, 0.2) is 0 Å². The van der Waals surface area contributed by atoms with Crippen LogP contribution in [0.2, 0.25) is 0 Å². The van der Waals surface area contributed by atoms with Crippen molar-refractivity contribution in [2.24, 2.45) is 0 Å². The van der Waals surface area contributed by atoms with Crippen molar-refractivity contribution < 1.29 is 28.9 Å². The molecule has 0 aliphatic rings. The van der Waals surface area contributed by atoms with Crippen LogP contribution in [0.25, 0.3) is 0 Å². The summed E-state index contributed by atoms with van der Waals surface area (Å²) in [4.78, 5) is 32.4. The van der Waals surface area contributed by atoms with E-state index in [1.807, 2.05) is 107 Å². The molecule has 10 heteroatoms. The van der Waals surface area contributed by atoms with E-state index in [9.17, 15) is 14.7 Å². The number of esters is 1. The highest BCUT2D eigenvalue weighted by Gasteiger charge is 2.21. The zero-order valence-electron chi connectivity index (χ0n) is 31.0. The molecule has 2 aromatic heterocycles. The van der Waals surface area contributed by atoms with Gasteiger partial charge in [0, 0.05) is 11.1 Å². The van der Waals surface area contributed by atoms with Crippen LogP contribution in [0.4, 0.5) is 11.6 Å². The first-order valence-electron chi connectivity index (χ1n) is 16.1. The largest absolute Gasteiger partial charge is 0.477 e. The second-order valence-corrected chi connectivity index (χ2v) is 14.3. The number of ether oxygens (including phenoxy) is 3. The van der Waals surface area contributed by atoms with E-state index in [4.69, 9.17) is 14.2 Å². The third-order valence-corrected chi connectivity index (χ3v) is 6.97. The molecule has 0 aliphatic carbocycles. The molecule has 262 valence electrons. The van der Waals surface area contributed by atoms with E-state index in [1.54, 1.807) is 18.2 Å². The van der Waals surface area contributed by atoms with E-state index < -0.39 is 11.9 Å². The molecule has 0 spiro atoms. The van der Waals surface area contributed by atoms with Crippen LogP contribution >= 0.6 is 0 Å². The van der Waals surface area contributed by atoms with E-state index in [1.165, 1.54) is 13.2 Å². The Hall–Kier alpha value is -5.12. The van der Waals surface area contributed by atoms with Crippen LogP contribution in [0.5, 0.6) is 23.3 Å². The molecule has 3 N–H and O–H groups in total. The summed E-state index contributed by atoms with van der Waals surface area (Å²) in [6.07, 6.45) is 0. The van der Waals surface area contributed by atoms with Gasteiger partial charge in [-0.25, -0.2) is 9.59 Å². The van der Waals surface area contributed by atoms with Crippen molar-refractivity contribution in [1.82, 2.24) is 9.97 Å². The molecular formula is C39H50N4O6. The van der Waals surface area contributed by atoms with Gasteiger partial charge in [-0.15, -0.1) is 0 Å². The quantitative estimate of drug-likeness (QED) is 0.156. The molecule has 0 atom stereocenters. The minimum absolute atomic E-state index is 0.0360. The van der Waals surface area contributed by atoms with E-state index >= 15 is 0 Å². The van der Waals surface area contributed by atoms with Crippen LogP contribution in [0.3, 0.4) is 0 Å². The number of aromatic nitrogens is 2. The molecule has 49 heavy (non-hydrogen) atoms. The van der Waals surface area contributed by atoms with E-state index in [0.717, 1.165) is 33.4 Å². The highest BCUT2D eigenvalue weighted by Crippen LogP contribution is 2.33. The Balaban J connectivity index is 0.000000266. The van der Waals surface area contributed by atoms with Crippen molar-refractivity contribution in [3.8, 4) is 23.3 Å². The van der Waals surface area contributed by atoms with Crippen molar-refractivity contribution in [2.75, 3.05) is 17.7 Å². The van der Waals surface area contributed by atoms with Gasteiger partial charge in [0.05, 0.1) is 7.11 Å². The number of carbonyl (C=O) groups excluding carboxylic acids is 1. The Bertz CT molecular complexity index is 1790. The van der Waals surface area contributed by atoms with E-state index in [-0.39, 0.29) is 28.4 Å². The summed E-state index contributed by atoms with van der Waals surface area (Å²) < 4.78 is 16.8. The Morgan fingerprint density at radius 2 is 0.959 bits per heavy atom. The van der Waals surface area contributed by atoms with Crippen LogP contribution in [0.15, 0.2) is 48.5 Å². The average molecular weight is 671 g/mol. The molecule has 0 fully saturated rings. The van der Waals surface area contributed by atoms with Crippen LogP contribution in [-0.2, 0) is 4.74 Å². The van der Waals surface area contributed by atoms with Gasteiger partial charge in [0.1, 0.15) is 34.3 Å². The number of aromatic carboxylic acids is 1. The lowest BCUT2D eigenvalue weighted by Crippen LogP contribution is -2.26. The first-order chi connectivity index (χ1) is 22.7. The lowest BCUT2D eigenvalue weighted by atomic mass is 10.1. The van der Waals surface area contributed by atoms with Gasteiger partial charge in [-0.1, -0.05) is 35.4 Å². The van der Waals surface area contributed by atoms with Gasteiger partial charge >= 0.3 is 11.9 Å². The number of carboxylic acid groups (broad SMARTS) is 1. The predicted octanol–water partition coefficient (Wildman–Crippen LogP) is 9.50. The van der Waals surface area contributed by atoms with Crippen molar-refractivity contribution in [3.63, 3.8) is 0 Å². The minimum Gasteiger partial charge on any atom is -0.477 e. The fourth-order valence-electron chi connectivity index (χ4n) is 5.22. The van der Waals surface area contributed by atoms with Crippen LogP contribution < -0.4 is 20.1 Å². The van der Waals surface area contributed by atoms with Gasteiger partial charge in [-0.3, -0.25) is 0 Å². The van der Waals surface area contributed by atoms with Gasteiger partial charge in [-0.2, -0.15) is 9.97 Å². The zero-order valence-corrected chi connectivity index (χ0v) is 31.0. The smallest absolute Gasteiger partial charge is 0.343 e. The molecule has 0 amide bonds. The number of carboxylic acids is 1. The molecule has 4 rings (SSSR count). The number of carbonyl (C=O) groups is 2. The van der Waals surface area contributed by atoms with Gasteiger partial charge in [-0.05, 0) is 130 Å². The zero-order chi connectivity index (χ0) is 36.8. The van der Waals surface area contributed by atoms with Gasteiger partial charge in [0.25, 0.3) is 0 Å². The molecule has 0 radical (unpaired) electrons. The maximum absolute atomic E-state index is 12.1. The number of nitrogens with zero attached hydrogens (tertiary/aromatic N) is 2. The third-order valence-electron chi connectivity index (χ3n) is 6.97. The molecule has 0 saturated heterocycles. The molecular weight excluding hydrogens is 620 g/mol. The first kappa shape index (κ1) is 38.3. The van der Waals surface area contributed by atoms with Crippen LogP contribution in [0, 0.1) is 41.5 Å². The average Bonchev–Trinajstić information content (AvgIpc) is 2.95. The summed E-state index contributed by atoms with van der Waals surface area (Å²) in [7, 11) is 1.34. The Labute approximate surface area is 290 Å². The summed E-state index contributed by atoms with van der Waals surface area (Å²) in [5.41, 5.74) is 6.14. The number of nitrogens with one attached hydrogen (secondary N) is 2. The van der Waals surface area contributed by atoms with Crippen LogP contribution in [0.1, 0.15) is 95.6 Å². The van der Waals surface area contributed by atoms with Crippen molar-refractivity contribution in [2.45, 2.75) is 94.2 Å². The van der Waals surface area contributed by atoms with Crippen molar-refractivity contribution >= 4 is 23.6 Å². The lowest BCUT2D eigenvalue weighted by molar-refractivity contribution is 0.0596. The molecule has 2 heterocycles. The number of methoxy groups -OCH3 is 1. The van der Waals surface area contributed by atoms with E-state index in [0.29, 0.717) is 28.7 Å². The Morgan fingerprint density at radius 3 is 1.29 bits per heavy atom. The summed E-state index contributed by atoms with van der Waals surface area (Å²) in [6, 6.07) is 14.7. The standard InChI is InChI=1S/C20H26N2O3.C19H24N2O3/c1-12-10-13(2)17(14(3)11-12)25-18-15(19(23)24-7)8-9-16(21-18)22-20(4,5)6;1-11-9-12(2)16(13(3)10-11)24-17-14(18(22)23)7-8-15(20-17)21-19(4,5)6/h8-11H,1-7H3,(H,21,22);7-10H,1-6H3,(H,20,21)(H,22,23). The SMILES string of the molecule is COC(=O)c1ccc(NC(C)(C)C)nc1Oc1c(C)cc(C)cc1C.Cc1cc(C)c(Oc2nc(NC(C)(C)C)ccc2C(=O)O)c(C)c1. The predicted molar refractivity (Wildman–Crippen MR) is 195 cm³/mol. The molecule has 10 nitrogen and oxygen atoms in total. The van der Waals surface area contributed by atoms with Crippen LogP contribution in [-0.4, -0.2) is 45.2 Å². The maximum Gasteiger partial charge on any atom is 0.343 e. The summed E-state index contributed by atoms with van der Waals surface area (Å²) in [6.45, 7) is 24.0. The fourth-order valence-corrected chi connectivity index (χ4v) is 5.22. The third kappa shape index (κ3) is 11.0. The Kier molecular flexibility index (Phi) is 12.0. The van der Waals surface area contributed by atoms with Crippen molar-refractivity contribution in [1.29, 1.82) is 0 Å². The number of pyridine rings is 2. The topological polar surface area (TPSA) is 132 Å². The number of hydrogen-bond donors (Lipinski definition) is 3. The molecule has 0 unspecified atom stereocenters. The maximum atomic E-state index is 12.1. The molecule has 0 saturated carbocycles. The number of rotatable bonds is 8. The minimum atomic E-state index is -1.07. The number of benzene rings is 2. The van der Waals surface area contributed by atoms with Gasteiger partial charge < -0.3 is 30.0 Å². The highest BCUT2D eigenvalue weighted by atomic mass is 16.5. The first-order valence-corrected chi connectivity index (χ1v) is 16.1. The number of hydrogen-bond acceptors (Lipinski definition) is 9. The highest BCUT2D eigenvalue weighted by molar-refractivity contribution is 5.92. The number of anilines is 2. The van der Waals surface area contributed by atoms with Crippen molar-refractivity contribution in [3.05, 3.63) is 93.0 Å². The second-order valence-electron chi connectivity index (χ2n) is 14.3. The number of aryl methyl sites for hydroxylation is 6. The molecule has 0 aliphatic heterocycles. The normalized spacial score (nSPS) is 11.2. The van der Waals surface area contributed by atoms with E-state index in [2.05, 4.69) is 20.6 Å². The summed E-state index contributed by atoms with van der Waals surface area (Å²) in [5, 5.41) is 15.9. The fraction of sp³-hybridized carbons (Fsp3) is 0.385.